The molecule has 0 N–H and O–H groups in total. The predicted molar refractivity (Wildman–Crippen MR) is 69.6 cm³/mol. The van der Waals surface area contributed by atoms with Gasteiger partial charge in [-0.2, -0.15) is 0 Å². The van der Waals surface area contributed by atoms with Gasteiger partial charge in [-0.1, -0.05) is 40.5 Å². The zero-order valence-corrected chi connectivity index (χ0v) is 11.5. The minimum absolute atomic E-state index is 0.395. The Bertz CT molecular complexity index is 154. The van der Waals surface area contributed by atoms with Crippen molar-refractivity contribution >= 4 is 11.6 Å². The van der Waals surface area contributed by atoms with Crippen LogP contribution in [0.4, 0.5) is 0 Å². The minimum atomic E-state index is 0.395. The van der Waals surface area contributed by atoms with Crippen LogP contribution in [-0.2, 0) is 9.59 Å². The molecule has 0 aliphatic rings. The molecule has 0 heterocycles. The lowest BCUT2D eigenvalue weighted by molar-refractivity contribution is -0.119. The Morgan fingerprint density at radius 3 is 1.19 bits per heavy atom. The second-order valence-electron chi connectivity index (χ2n) is 3.99. The molecule has 2 heteroatoms. The van der Waals surface area contributed by atoms with E-state index >= 15 is 0 Å². The molecule has 0 amide bonds. The topological polar surface area (TPSA) is 34.1 Å². The highest BCUT2D eigenvalue weighted by atomic mass is 16.1. The molecule has 0 saturated carbocycles. The zero-order chi connectivity index (χ0) is 12.8. The number of carbonyl (C=O) groups is 2. The van der Waals surface area contributed by atoms with E-state index in [1.54, 1.807) is 0 Å². The van der Waals surface area contributed by atoms with Crippen LogP contribution in [0.1, 0.15) is 79.1 Å². The van der Waals surface area contributed by atoms with E-state index in [2.05, 4.69) is 13.8 Å². The van der Waals surface area contributed by atoms with E-state index in [4.69, 9.17) is 0 Å². The van der Waals surface area contributed by atoms with E-state index in [0.29, 0.717) is 24.4 Å². The first-order chi connectivity index (χ1) is 7.62. The van der Waals surface area contributed by atoms with Gasteiger partial charge in [0.25, 0.3) is 0 Å². The van der Waals surface area contributed by atoms with Crippen LogP contribution in [-0.4, -0.2) is 11.6 Å². The SMILES string of the molecule is CCCCC(=O)CC.CCCCC(=O)CC. The molecule has 2 nitrogen and oxygen atoms in total. The summed E-state index contributed by atoms with van der Waals surface area (Å²) in [6.45, 7) is 8.03. The summed E-state index contributed by atoms with van der Waals surface area (Å²) in [5, 5.41) is 0. The number of ketones is 2. The molecule has 0 aromatic carbocycles. The molecule has 0 aromatic rings. The predicted octanol–water partition coefficient (Wildman–Crippen LogP) is 4.31. The zero-order valence-electron chi connectivity index (χ0n) is 11.5. The molecule has 0 spiro atoms. The average molecular weight is 228 g/mol. The molecule has 0 fully saturated rings. The number of rotatable bonds is 8. The largest absolute Gasteiger partial charge is 0.300 e. The van der Waals surface area contributed by atoms with Crippen molar-refractivity contribution in [1.82, 2.24) is 0 Å². The molecule has 0 radical (unpaired) electrons. The second kappa shape index (κ2) is 14.3. The molecule has 16 heavy (non-hydrogen) atoms. The van der Waals surface area contributed by atoms with Crippen LogP contribution in [0.25, 0.3) is 0 Å². The van der Waals surface area contributed by atoms with Crippen LogP contribution in [0, 0.1) is 0 Å². The van der Waals surface area contributed by atoms with Crippen molar-refractivity contribution in [3.8, 4) is 0 Å². The second-order valence-corrected chi connectivity index (χ2v) is 3.99. The lowest BCUT2D eigenvalue weighted by Crippen LogP contribution is -1.92. The number of hydrogen-bond donors (Lipinski definition) is 0. The smallest absolute Gasteiger partial charge is 0.132 e. The number of hydrogen-bond acceptors (Lipinski definition) is 2. The first-order valence-electron chi connectivity index (χ1n) is 6.65. The van der Waals surface area contributed by atoms with Crippen molar-refractivity contribution in [3.05, 3.63) is 0 Å². The van der Waals surface area contributed by atoms with Gasteiger partial charge < -0.3 is 0 Å². The Hall–Kier alpha value is -0.660. The van der Waals surface area contributed by atoms with Crippen molar-refractivity contribution in [2.75, 3.05) is 0 Å². The van der Waals surface area contributed by atoms with Crippen LogP contribution >= 0.6 is 0 Å². The van der Waals surface area contributed by atoms with Gasteiger partial charge in [0.2, 0.25) is 0 Å². The molecule has 0 rings (SSSR count). The third-order valence-electron chi connectivity index (χ3n) is 2.41. The van der Waals surface area contributed by atoms with E-state index in [9.17, 15) is 9.59 Å². The van der Waals surface area contributed by atoms with E-state index in [1.165, 1.54) is 0 Å². The summed E-state index contributed by atoms with van der Waals surface area (Å²) >= 11 is 0. The third-order valence-corrected chi connectivity index (χ3v) is 2.41. The van der Waals surface area contributed by atoms with E-state index in [-0.39, 0.29) is 0 Å². The van der Waals surface area contributed by atoms with Crippen LogP contribution in [0.3, 0.4) is 0 Å². The Morgan fingerprint density at radius 1 is 0.688 bits per heavy atom. The summed E-state index contributed by atoms with van der Waals surface area (Å²) in [5.41, 5.74) is 0. The van der Waals surface area contributed by atoms with Gasteiger partial charge in [-0.3, -0.25) is 9.59 Å². The molecule has 0 aliphatic carbocycles. The fourth-order valence-electron chi connectivity index (χ4n) is 1.10. The summed E-state index contributed by atoms with van der Waals surface area (Å²) in [6, 6.07) is 0. The Labute approximate surface area is 101 Å². The lowest BCUT2D eigenvalue weighted by atomic mass is 10.1. The Kier molecular flexibility index (Phi) is 15.9. The highest BCUT2D eigenvalue weighted by Crippen LogP contribution is 1.97. The quantitative estimate of drug-likeness (QED) is 0.620. The maximum absolute atomic E-state index is 10.6. The van der Waals surface area contributed by atoms with E-state index < -0.39 is 0 Å². The summed E-state index contributed by atoms with van der Waals surface area (Å²) in [5.74, 6) is 0.790. The number of Topliss-reactive ketones (excluding diaryl/α,β-unsaturated/α-hetero) is 2. The van der Waals surface area contributed by atoms with Crippen molar-refractivity contribution in [2.24, 2.45) is 0 Å². The summed E-state index contributed by atoms with van der Waals surface area (Å²) in [4.78, 5) is 21.1. The molecule has 0 aromatic heterocycles. The first kappa shape index (κ1) is 17.7. The number of unbranched alkanes of at least 4 members (excludes halogenated alkanes) is 2. The van der Waals surface area contributed by atoms with Crippen LogP contribution in [0.15, 0.2) is 0 Å². The summed E-state index contributed by atoms with van der Waals surface area (Å²) < 4.78 is 0. The lowest BCUT2D eigenvalue weighted by Gasteiger charge is -1.91. The molecular formula is C14H28O2. The van der Waals surface area contributed by atoms with Crippen LogP contribution in [0.2, 0.25) is 0 Å². The summed E-state index contributed by atoms with van der Waals surface area (Å²) in [7, 11) is 0. The standard InChI is InChI=1S/2C7H14O/c2*1-3-5-6-7(8)4-2/h2*3-6H2,1-2H3. The van der Waals surface area contributed by atoms with Gasteiger partial charge >= 0.3 is 0 Å². The van der Waals surface area contributed by atoms with Gasteiger partial charge in [-0.15, -0.1) is 0 Å². The fourth-order valence-corrected chi connectivity index (χ4v) is 1.10. The Balaban J connectivity index is 0. The molecule has 0 aliphatic heterocycles. The van der Waals surface area contributed by atoms with Gasteiger partial charge in [0.15, 0.2) is 0 Å². The molecule has 0 saturated heterocycles. The maximum Gasteiger partial charge on any atom is 0.132 e. The maximum atomic E-state index is 10.6. The van der Waals surface area contributed by atoms with E-state index in [1.807, 2.05) is 13.8 Å². The molecule has 0 atom stereocenters. The van der Waals surface area contributed by atoms with Crippen molar-refractivity contribution in [1.29, 1.82) is 0 Å². The van der Waals surface area contributed by atoms with Gasteiger partial charge in [-0.25, -0.2) is 0 Å². The van der Waals surface area contributed by atoms with Gasteiger partial charge in [0.1, 0.15) is 11.6 Å². The average Bonchev–Trinajstić information content (AvgIpc) is 2.33. The summed E-state index contributed by atoms with van der Waals surface area (Å²) in [6.07, 6.45) is 7.37. The highest BCUT2D eigenvalue weighted by molar-refractivity contribution is 5.78. The minimum Gasteiger partial charge on any atom is -0.300 e. The van der Waals surface area contributed by atoms with Gasteiger partial charge in [-0.05, 0) is 12.8 Å². The van der Waals surface area contributed by atoms with Crippen molar-refractivity contribution in [3.63, 3.8) is 0 Å². The normalized spacial score (nSPS) is 9.25. The first-order valence-corrected chi connectivity index (χ1v) is 6.65. The molecule has 96 valence electrons. The van der Waals surface area contributed by atoms with Gasteiger partial charge in [0, 0.05) is 25.7 Å². The molecule has 0 bridgehead atoms. The van der Waals surface area contributed by atoms with Crippen molar-refractivity contribution in [2.45, 2.75) is 79.1 Å². The highest BCUT2D eigenvalue weighted by Gasteiger charge is 1.94. The number of carbonyl (C=O) groups excluding carboxylic acids is 2. The third kappa shape index (κ3) is 15.8. The molecular weight excluding hydrogens is 200 g/mol. The fraction of sp³-hybridized carbons (Fsp3) is 0.857. The van der Waals surface area contributed by atoms with Gasteiger partial charge in [0.05, 0.1) is 0 Å². The van der Waals surface area contributed by atoms with Crippen LogP contribution < -0.4 is 0 Å². The van der Waals surface area contributed by atoms with Crippen LogP contribution in [0.5, 0.6) is 0 Å². The van der Waals surface area contributed by atoms with E-state index in [0.717, 1.165) is 38.5 Å². The molecule has 0 unspecified atom stereocenters. The van der Waals surface area contributed by atoms with Crippen molar-refractivity contribution < 1.29 is 9.59 Å². The monoisotopic (exact) mass is 228 g/mol. The Morgan fingerprint density at radius 2 is 1.00 bits per heavy atom.